The average molecular weight is 165 g/mol. The first kappa shape index (κ1) is 8.87. The fraction of sp³-hybridized carbons (Fsp3) is 0.500. The molecule has 0 amide bonds. The van der Waals surface area contributed by atoms with Crippen LogP contribution in [0.3, 0.4) is 0 Å². The van der Waals surface area contributed by atoms with E-state index in [2.05, 4.69) is 6.92 Å². The molecule has 0 aromatic rings. The molecule has 0 aliphatic heterocycles. The van der Waals surface area contributed by atoms with Gasteiger partial charge in [0, 0.05) is 0 Å². The van der Waals surface area contributed by atoms with Crippen LogP contribution in [0.5, 0.6) is 0 Å². The van der Waals surface area contributed by atoms with E-state index < -0.39 is 0 Å². The maximum Gasteiger partial charge on any atom is 1.00 e. The number of rotatable bonds is 0. The van der Waals surface area contributed by atoms with E-state index in [1.54, 1.807) is 0 Å². The molecule has 0 N–H and O–H groups in total. The van der Waals surface area contributed by atoms with Gasteiger partial charge in [-0.1, -0.05) is 0 Å². The molecule has 0 aliphatic rings. The Balaban J connectivity index is 0. The van der Waals surface area contributed by atoms with Gasteiger partial charge in [0.25, 0.3) is 0 Å². The van der Waals surface area contributed by atoms with Crippen molar-refractivity contribution >= 4 is 11.6 Å². The molecule has 4 heavy (non-hydrogen) atoms. The van der Waals surface area contributed by atoms with Gasteiger partial charge in [-0.05, 0) is 0 Å². The van der Waals surface area contributed by atoms with Gasteiger partial charge >= 0.3 is 19.5 Å². The van der Waals surface area contributed by atoms with E-state index in [9.17, 15) is 0 Å². The van der Waals surface area contributed by atoms with Gasteiger partial charge in [-0.25, -0.2) is 0 Å². The molecular weight excluding hydrogens is 161 g/mol. The van der Waals surface area contributed by atoms with Gasteiger partial charge in [0.1, 0.15) is 0 Å². The van der Waals surface area contributed by atoms with Gasteiger partial charge < -0.3 is 6.92 Å². The zero-order valence-corrected chi connectivity index (χ0v) is 4.64. The Morgan fingerprint density at radius 3 is 1.75 bits per heavy atom. The third kappa shape index (κ3) is 12.8. The Morgan fingerprint density at radius 2 is 1.75 bits per heavy atom. The molecule has 0 heterocycles. The van der Waals surface area contributed by atoms with E-state index in [0.29, 0.717) is 5.88 Å². The Morgan fingerprint density at radius 1 is 1.75 bits per heavy atom. The summed E-state index contributed by atoms with van der Waals surface area (Å²) in [7, 11) is 0. The van der Waals surface area contributed by atoms with Crippen molar-refractivity contribution in [2.75, 3.05) is 5.88 Å². The van der Waals surface area contributed by atoms with Crippen molar-refractivity contribution in [2.45, 2.75) is 0 Å². The van der Waals surface area contributed by atoms with Gasteiger partial charge in [0.05, 0.1) is 0 Å². The second kappa shape index (κ2) is 9.07. The van der Waals surface area contributed by atoms with Crippen LogP contribution in [0.15, 0.2) is 0 Å². The molecule has 2 heteroatoms. The molecule has 0 aromatic carbocycles. The van der Waals surface area contributed by atoms with E-state index in [1.807, 2.05) is 0 Å². The maximum atomic E-state index is 4.89. The van der Waals surface area contributed by atoms with Gasteiger partial charge in [-0.3, -0.25) is 0 Å². The van der Waals surface area contributed by atoms with Crippen molar-refractivity contribution in [2.24, 2.45) is 0 Å². The van der Waals surface area contributed by atoms with Crippen LogP contribution >= 0.6 is 11.6 Å². The topological polar surface area (TPSA) is 0 Å². The number of alkyl halides is 1. The summed E-state index contributed by atoms with van der Waals surface area (Å²) < 4.78 is 0. The fourth-order valence-corrected chi connectivity index (χ4v) is 0. The second-order valence-corrected chi connectivity index (χ2v) is 0.567. The minimum absolute atomic E-state index is 0. The number of hydrogen-bond acceptors (Lipinski definition) is 0. The average Bonchev–Trinajstić information content (AvgIpc) is 0.918. The third-order valence-corrected chi connectivity index (χ3v) is 0. The summed E-state index contributed by atoms with van der Waals surface area (Å²) in [6.45, 7) is 3.25. The summed E-state index contributed by atoms with van der Waals surface area (Å²) in [4.78, 5) is 0. The van der Waals surface area contributed by atoms with Crippen LogP contribution in [-0.2, 0) is 19.5 Å². The van der Waals surface area contributed by atoms with Crippen molar-refractivity contribution in [3.05, 3.63) is 6.92 Å². The second-order valence-electron chi connectivity index (χ2n) is 0.189. The predicted molar refractivity (Wildman–Crippen MR) is 16.1 cm³/mol. The molecule has 0 spiro atoms. The minimum Gasteiger partial charge on any atom is -0.329 e. The molecule has 0 aliphatic carbocycles. The molecule has 0 atom stereocenters. The molecule has 0 rings (SSSR count). The molecule has 0 saturated carbocycles. The van der Waals surface area contributed by atoms with Crippen LogP contribution in [0.1, 0.15) is 0 Å². The van der Waals surface area contributed by atoms with Crippen molar-refractivity contribution in [3.63, 3.8) is 0 Å². The smallest absolute Gasteiger partial charge is 0.329 e. The van der Waals surface area contributed by atoms with E-state index in [4.69, 9.17) is 11.6 Å². The van der Waals surface area contributed by atoms with Crippen LogP contribution in [0.25, 0.3) is 0 Å². The maximum absolute atomic E-state index is 4.89. The minimum atomic E-state index is 0. The summed E-state index contributed by atoms with van der Waals surface area (Å²) in [5.41, 5.74) is 0. The summed E-state index contributed by atoms with van der Waals surface area (Å²) in [5, 5.41) is 0. The Labute approximate surface area is 44.3 Å². The third-order valence-electron chi connectivity index (χ3n) is 0. The number of halogens is 1. The molecule has 0 aromatic heterocycles. The van der Waals surface area contributed by atoms with Crippen LogP contribution in [-0.4, -0.2) is 5.88 Å². The molecule has 27 valence electrons. The van der Waals surface area contributed by atoms with Crippen LogP contribution < -0.4 is 0 Å². The van der Waals surface area contributed by atoms with Gasteiger partial charge in [-0.2, -0.15) is 11.6 Å². The van der Waals surface area contributed by atoms with Crippen LogP contribution in [0.4, 0.5) is 0 Å². The van der Waals surface area contributed by atoms with Crippen molar-refractivity contribution in [1.82, 2.24) is 0 Å². The quantitative estimate of drug-likeness (QED) is 0.285. The first-order valence-electron chi connectivity index (χ1n) is 0.767. The Hall–Kier alpha value is 0.913. The summed E-state index contributed by atoms with van der Waals surface area (Å²) in [5.74, 6) is 0.472. The SMILES string of the molecule is [CH2-]CCl.[Ru+]. The molecule has 0 fully saturated rings. The largest absolute Gasteiger partial charge is 1.00 e. The normalized spacial score (nSPS) is 4.50. The fourth-order valence-electron chi connectivity index (χ4n) is 0. The summed E-state index contributed by atoms with van der Waals surface area (Å²) in [6, 6.07) is 0. The molecular formula is C2H4ClRu. The van der Waals surface area contributed by atoms with Crippen molar-refractivity contribution in [3.8, 4) is 0 Å². The van der Waals surface area contributed by atoms with E-state index in [-0.39, 0.29) is 19.5 Å². The zero-order valence-electron chi connectivity index (χ0n) is 2.15. The Kier molecular flexibility index (Phi) is 20.1. The van der Waals surface area contributed by atoms with Crippen LogP contribution in [0.2, 0.25) is 0 Å². The van der Waals surface area contributed by atoms with E-state index in [1.165, 1.54) is 0 Å². The van der Waals surface area contributed by atoms with Crippen molar-refractivity contribution in [1.29, 1.82) is 0 Å². The van der Waals surface area contributed by atoms with E-state index >= 15 is 0 Å². The number of hydrogen-bond donors (Lipinski definition) is 0. The van der Waals surface area contributed by atoms with Crippen molar-refractivity contribution < 1.29 is 19.5 Å². The molecule has 0 nitrogen and oxygen atoms in total. The first-order chi connectivity index (χ1) is 1.41. The van der Waals surface area contributed by atoms with Gasteiger partial charge in [0.15, 0.2) is 0 Å². The zero-order chi connectivity index (χ0) is 2.71. The van der Waals surface area contributed by atoms with Gasteiger partial charge in [0.2, 0.25) is 0 Å². The van der Waals surface area contributed by atoms with Crippen LogP contribution in [0, 0.1) is 6.92 Å². The molecule has 0 bridgehead atoms. The summed E-state index contributed by atoms with van der Waals surface area (Å²) in [6.07, 6.45) is 0. The summed E-state index contributed by atoms with van der Waals surface area (Å²) >= 11 is 4.89. The predicted octanol–water partition coefficient (Wildman–Crippen LogP) is 1.06. The Bertz CT molecular complexity index is 6.00. The monoisotopic (exact) mass is 165 g/mol. The standard InChI is InChI=1S/C2H4Cl.Ru/c1-2-3;/h1-2H2;/q-1;+1. The molecule has 1 radical (unpaired) electrons. The van der Waals surface area contributed by atoms with E-state index in [0.717, 1.165) is 0 Å². The van der Waals surface area contributed by atoms with Gasteiger partial charge in [-0.15, -0.1) is 5.88 Å². The molecule has 0 unspecified atom stereocenters. The first-order valence-corrected chi connectivity index (χ1v) is 1.30. The molecule has 0 saturated heterocycles.